The van der Waals surface area contributed by atoms with Crippen molar-refractivity contribution in [2.75, 3.05) is 13.7 Å². The molecule has 0 saturated carbocycles. The molecule has 0 aliphatic carbocycles. The first-order valence-corrected chi connectivity index (χ1v) is 11.4. The van der Waals surface area contributed by atoms with Crippen LogP contribution in [-0.4, -0.2) is 32.2 Å². The summed E-state index contributed by atoms with van der Waals surface area (Å²) in [5, 5.41) is 0. The third-order valence-corrected chi connectivity index (χ3v) is 5.33. The third kappa shape index (κ3) is 7.30. The second-order valence-electron chi connectivity index (χ2n) is 8.07. The van der Waals surface area contributed by atoms with Gasteiger partial charge < -0.3 is 19.9 Å². The van der Waals surface area contributed by atoms with E-state index in [1.807, 2.05) is 38.1 Å². The van der Waals surface area contributed by atoms with Gasteiger partial charge in [-0.2, -0.15) is 0 Å². The van der Waals surface area contributed by atoms with E-state index in [0.717, 1.165) is 42.4 Å². The molecule has 4 nitrogen and oxygen atoms in total. The van der Waals surface area contributed by atoms with Crippen molar-refractivity contribution in [3.63, 3.8) is 0 Å². The Morgan fingerprint density at radius 1 is 1.13 bits per heavy atom. The van der Waals surface area contributed by atoms with E-state index in [-0.39, 0.29) is 24.3 Å². The molecule has 172 valence electrons. The summed E-state index contributed by atoms with van der Waals surface area (Å²) < 4.78 is 31.8. The number of rotatable bonds is 8. The van der Waals surface area contributed by atoms with E-state index in [9.17, 15) is 4.39 Å². The number of hydrogen-bond acceptors (Lipinski definition) is 4. The first kappa shape index (κ1) is 25.3. The minimum absolute atomic E-state index is 0.0259. The van der Waals surface area contributed by atoms with Crippen molar-refractivity contribution >= 4 is 0 Å². The molecule has 2 aromatic rings. The van der Waals surface area contributed by atoms with Gasteiger partial charge in [-0.3, -0.25) is 0 Å². The zero-order chi connectivity index (χ0) is 22.8. The molecule has 0 amide bonds. The van der Waals surface area contributed by atoms with Crippen molar-refractivity contribution in [1.29, 1.82) is 0 Å². The molecule has 1 saturated heterocycles. The van der Waals surface area contributed by atoms with Gasteiger partial charge in [0.05, 0.1) is 12.2 Å². The molecule has 1 aliphatic heterocycles. The zero-order valence-corrected chi connectivity index (χ0v) is 19.6. The molecule has 3 atom stereocenters. The molecule has 5 heteroatoms. The summed E-state index contributed by atoms with van der Waals surface area (Å²) in [4.78, 5) is 0. The molecular weight excluding hydrogens is 393 g/mol. The Morgan fingerprint density at radius 2 is 1.90 bits per heavy atom. The summed E-state index contributed by atoms with van der Waals surface area (Å²) in [5.74, 6) is 0.978. The highest BCUT2D eigenvalue weighted by Crippen LogP contribution is 2.32. The number of ether oxygens (including phenoxy) is 3. The Hall–Kier alpha value is -1.95. The van der Waals surface area contributed by atoms with Crippen LogP contribution in [0.4, 0.5) is 4.39 Å². The zero-order valence-electron chi connectivity index (χ0n) is 19.6. The Balaban J connectivity index is 0.00000166. The molecule has 0 bridgehead atoms. The van der Waals surface area contributed by atoms with Crippen molar-refractivity contribution in [1.82, 2.24) is 0 Å². The smallest absolute Gasteiger partial charge is 0.200 e. The SMILES string of the molecule is CC.COC1CCC(Oc2ccc(CCN)c(-c3cccc(F)c3)c2)OC1CC(C)C. The van der Waals surface area contributed by atoms with Gasteiger partial charge in [0, 0.05) is 13.5 Å². The number of benzene rings is 2. The molecule has 1 fully saturated rings. The van der Waals surface area contributed by atoms with E-state index >= 15 is 0 Å². The normalized spacial score (nSPS) is 20.8. The van der Waals surface area contributed by atoms with Gasteiger partial charge in [-0.15, -0.1) is 0 Å². The topological polar surface area (TPSA) is 53.7 Å². The van der Waals surface area contributed by atoms with Gasteiger partial charge in [0.15, 0.2) is 6.29 Å². The van der Waals surface area contributed by atoms with Crippen molar-refractivity contribution in [3.05, 3.63) is 53.8 Å². The van der Waals surface area contributed by atoms with Gasteiger partial charge in [-0.05, 0) is 72.7 Å². The highest BCUT2D eigenvalue weighted by Gasteiger charge is 2.32. The molecule has 0 spiro atoms. The maximum absolute atomic E-state index is 13.8. The highest BCUT2D eigenvalue weighted by atomic mass is 19.1. The van der Waals surface area contributed by atoms with Crippen molar-refractivity contribution in [2.24, 2.45) is 11.7 Å². The second kappa shape index (κ2) is 12.8. The van der Waals surface area contributed by atoms with Crippen LogP contribution in [0.5, 0.6) is 5.75 Å². The van der Waals surface area contributed by atoms with E-state index in [0.29, 0.717) is 18.2 Å². The van der Waals surface area contributed by atoms with E-state index in [2.05, 4.69) is 13.8 Å². The largest absolute Gasteiger partial charge is 0.465 e. The average molecular weight is 432 g/mol. The standard InChI is InChI=1S/C24H32FNO3.C2H6/c1-16(2)13-23-22(27-3)9-10-24(29-23)28-20-8-7-17(11-12-26)21(15-20)18-5-4-6-19(25)14-18;1-2/h4-8,14-16,22-24H,9-13,26H2,1-3H3;1-2H3. The number of nitrogens with two attached hydrogens (primary N) is 1. The van der Waals surface area contributed by atoms with Gasteiger partial charge in [0.1, 0.15) is 11.6 Å². The average Bonchev–Trinajstić information content (AvgIpc) is 2.76. The Labute approximate surface area is 186 Å². The van der Waals surface area contributed by atoms with E-state index in [1.54, 1.807) is 13.2 Å². The Kier molecular flexibility index (Phi) is 10.4. The second-order valence-corrected chi connectivity index (χ2v) is 8.07. The predicted octanol–water partition coefficient (Wildman–Crippen LogP) is 5.97. The van der Waals surface area contributed by atoms with E-state index in [4.69, 9.17) is 19.9 Å². The summed E-state index contributed by atoms with van der Waals surface area (Å²) in [5.41, 5.74) is 8.61. The van der Waals surface area contributed by atoms with Crippen molar-refractivity contribution in [2.45, 2.75) is 71.9 Å². The predicted molar refractivity (Wildman–Crippen MR) is 125 cm³/mol. The molecule has 3 unspecified atom stereocenters. The molecule has 3 rings (SSSR count). The first-order chi connectivity index (χ1) is 15.0. The summed E-state index contributed by atoms with van der Waals surface area (Å²) in [7, 11) is 1.74. The highest BCUT2D eigenvalue weighted by molar-refractivity contribution is 5.69. The lowest BCUT2D eigenvalue weighted by molar-refractivity contribution is -0.196. The van der Waals surface area contributed by atoms with Crippen LogP contribution in [0.25, 0.3) is 11.1 Å². The fourth-order valence-corrected chi connectivity index (χ4v) is 3.94. The fourth-order valence-electron chi connectivity index (χ4n) is 3.94. The van der Waals surface area contributed by atoms with Crippen molar-refractivity contribution < 1.29 is 18.6 Å². The van der Waals surface area contributed by atoms with Gasteiger partial charge in [-0.25, -0.2) is 4.39 Å². The molecule has 2 aromatic carbocycles. The monoisotopic (exact) mass is 431 g/mol. The van der Waals surface area contributed by atoms with Crippen LogP contribution < -0.4 is 10.5 Å². The van der Waals surface area contributed by atoms with Crippen LogP contribution in [0.3, 0.4) is 0 Å². The van der Waals surface area contributed by atoms with Crippen molar-refractivity contribution in [3.8, 4) is 16.9 Å². The number of hydrogen-bond donors (Lipinski definition) is 1. The van der Waals surface area contributed by atoms with Gasteiger partial charge >= 0.3 is 0 Å². The van der Waals surface area contributed by atoms with Crippen LogP contribution >= 0.6 is 0 Å². The molecular formula is C26H38FNO3. The minimum atomic E-state index is -0.314. The fraction of sp³-hybridized carbons (Fsp3) is 0.538. The summed E-state index contributed by atoms with van der Waals surface area (Å²) >= 11 is 0. The molecule has 1 aliphatic rings. The summed E-state index contributed by atoms with van der Waals surface area (Å²) in [6.45, 7) is 8.90. The Bertz CT molecular complexity index is 796. The summed E-state index contributed by atoms with van der Waals surface area (Å²) in [6, 6.07) is 12.5. The van der Waals surface area contributed by atoms with Gasteiger partial charge in [0.25, 0.3) is 0 Å². The van der Waals surface area contributed by atoms with Gasteiger partial charge in [0.2, 0.25) is 0 Å². The maximum atomic E-state index is 13.8. The summed E-state index contributed by atoms with van der Waals surface area (Å²) in [6.07, 6.45) is 3.14. The molecule has 1 heterocycles. The number of methoxy groups -OCH3 is 1. The van der Waals surface area contributed by atoms with Crippen LogP contribution in [-0.2, 0) is 15.9 Å². The molecule has 31 heavy (non-hydrogen) atoms. The van der Waals surface area contributed by atoms with Crippen LogP contribution in [0, 0.1) is 11.7 Å². The molecule has 2 N–H and O–H groups in total. The van der Waals surface area contributed by atoms with Crippen LogP contribution in [0.1, 0.15) is 52.5 Å². The van der Waals surface area contributed by atoms with E-state index < -0.39 is 0 Å². The molecule has 0 aromatic heterocycles. The number of halogens is 1. The maximum Gasteiger partial charge on any atom is 0.200 e. The van der Waals surface area contributed by atoms with Crippen LogP contribution in [0.15, 0.2) is 42.5 Å². The van der Waals surface area contributed by atoms with Crippen LogP contribution in [0.2, 0.25) is 0 Å². The lowest BCUT2D eigenvalue weighted by Gasteiger charge is -2.36. The molecule has 0 radical (unpaired) electrons. The van der Waals surface area contributed by atoms with E-state index in [1.165, 1.54) is 12.1 Å². The lowest BCUT2D eigenvalue weighted by atomic mass is 9.96. The Morgan fingerprint density at radius 3 is 2.55 bits per heavy atom. The minimum Gasteiger partial charge on any atom is -0.465 e. The quantitative estimate of drug-likeness (QED) is 0.560. The van der Waals surface area contributed by atoms with Gasteiger partial charge in [-0.1, -0.05) is 45.9 Å². The first-order valence-electron chi connectivity index (χ1n) is 11.4. The lowest BCUT2D eigenvalue weighted by Crippen LogP contribution is -2.42. The third-order valence-electron chi connectivity index (χ3n) is 5.33.